The van der Waals surface area contributed by atoms with Crippen LogP contribution in [0.5, 0.6) is 0 Å². The SMILES string of the molecule is CN1CCN(Cc2cc3sccc3n2Cc2ccc(F)cc2)CC1. The summed E-state index contributed by atoms with van der Waals surface area (Å²) in [4.78, 5) is 4.91. The summed E-state index contributed by atoms with van der Waals surface area (Å²) in [7, 11) is 2.19. The molecule has 0 bridgehead atoms. The van der Waals surface area contributed by atoms with Gasteiger partial charge in [-0.2, -0.15) is 0 Å². The van der Waals surface area contributed by atoms with Gasteiger partial charge in [0.15, 0.2) is 0 Å². The predicted octanol–water partition coefficient (Wildman–Crippen LogP) is 3.64. The van der Waals surface area contributed by atoms with Gasteiger partial charge in [-0.1, -0.05) is 12.1 Å². The lowest BCUT2D eigenvalue weighted by Crippen LogP contribution is -2.44. The van der Waals surface area contributed by atoms with Gasteiger partial charge in [-0.15, -0.1) is 11.3 Å². The Morgan fingerprint density at radius 2 is 1.75 bits per heavy atom. The molecule has 0 radical (unpaired) electrons. The average molecular weight is 343 g/mol. The number of aromatic nitrogens is 1. The van der Waals surface area contributed by atoms with Crippen LogP contribution in [0.1, 0.15) is 11.3 Å². The van der Waals surface area contributed by atoms with E-state index in [9.17, 15) is 4.39 Å². The summed E-state index contributed by atoms with van der Waals surface area (Å²) in [6, 6.07) is 11.4. The second-order valence-corrected chi connectivity index (χ2v) is 7.55. The van der Waals surface area contributed by atoms with Gasteiger partial charge < -0.3 is 9.47 Å². The van der Waals surface area contributed by atoms with Gasteiger partial charge in [0, 0.05) is 45.0 Å². The number of hydrogen-bond acceptors (Lipinski definition) is 3. The first-order valence-corrected chi connectivity index (χ1v) is 9.28. The summed E-state index contributed by atoms with van der Waals surface area (Å²) in [5, 5.41) is 2.14. The summed E-state index contributed by atoms with van der Waals surface area (Å²) < 4.78 is 16.9. The van der Waals surface area contributed by atoms with Crippen molar-refractivity contribution in [2.75, 3.05) is 33.2 Å². The molecular formula is C19H22FN3S. The third-order valence-electron chi connectivity index (χ3n) is 4.84. The minimum absolute atomic E-state index is 0.176. The number of hydrogen-bond donors (Lipinski definition) is 0. The highest BCUT2D eigenvalue weighted by atomic mass is 32.1. The summed E-state index contributed by atoms with van der Waals surface area (Å²) in [5.74, 6) is -0.176. The van der Waals surface area contributed by atoms with Gasteiger partial charge in [-0.3, -0.25) is 4.90 Å². The largest absolute Gasteiger partial charge is 0.338 e. The Labute approximate surface area is 145 Å². The number of nitrogens with zero attached hydrogens (tertiary/aromatic N) is 3. The highest BCUT2D eigenvalue weighted by Crippen LogP contribution is 2.27. The number of benzene rings is 1. The lowest BCUT2D eigenvalue weighted by atomic mass is 10.2. The van der Waals surface area contributed by atoms with Gasteiger partial charge in [-0.05, 0) is 42.3 Å². The molecule has 0 N–H and O–H groups in total. The van der Waals surface area contributed by atoms with Crippen molar-refractivity contribution in [2.45, 2.75) is 13.1 Å². The van der Waals surface area contributed by atoms with Crippen LogP contribution in [0, 0.1) is 5.82 Å². The quantitative estimate of drug-likeness (QED) is 0.717. The van der Waals surface area contributed by atoms with Crippen molar-refractivity contribution in [1.82, 2.24) is 14.4 Å². The van der Waals surface area contributed by atoms with E-state index in [0.29, 0.717) is 0 Å². The van der Waals surface area contributed by atoms with E-state index in [1.165, 1.54) is 15.9 Å². The molecule has 0 unspecified atom stereocenters. The number of fused-ring (bicyclic) bond motifs is 1. The summed E-state index contributed by atoms with van der Waals surface area (Å²) >= 11 is 1.79. The van der Waals surface area contributed by atoms with E-state index in [-0.39, 0.29) is 5.82 Å². The Hall–Kier alpha value is -1.69. The van der Waals surface area contributed by atoms with Crippen LogP contribution in [-0.4, -0.2) is 47.6 Å². The Balaban J connectivity index is 1.60. The number of halogens is 1. The van der Waals surface area contributed by atoms with Crippen LogP contribution in [0.2, 0.25) is 0 Å². The van der Waals surface area contributed by atoms with Crippen LogP contribution in [0.15, 0.2) is 41.8 Å². The average Bonchev–Trinajstić information content (AvgIpc) is 3.15. The lowest BCUT2D eigenvalue weighted by molar-refractivity contribution is 0.146. The third-order valence-corrected chi connectivity index (χ3v) is 5.70. The molecule has 0 atom stereocenters. The smallest absolute Gasteiger partial charge is 0.123 e. The maximum Gasteiger partial charge on any atom is 0.123 e. The van der Waals surface area contributed by atoms with Crippen molar-refractivity contribution in [1.29, 1.82) is 0 Å². The Bertz CT molecular complexity index is 813. The fraction of sp³-hybridized carbons (Fsp3) is 0.368. The van der Waals surface area contributed by atoms with Crippen LogP contribution < -0.4 is 0 Å². The fourth-order valence-electron chi connectivity index (χ4n) is 3.35. The molecular weight excluding hydrogens is 321 g/mol. The Morgan fingerprint density at radius 3 is 2.50 bits per heavy atom. The minimum Gasteiger partial charge on any atom is -0.338 e. The number of likely N-dealkylation sites (N-methyl/N-ethyl adjacent to an activating group) is 1. The van der Waals surface area contributed by atoms with Crippen LogP contribution in [0.3, 0.4) is 0 Å². The summed E-state index contributed by atoms with van der Waals surface area (Å²) in [6.45, 7) is 6.28. The van der Waals surface area contributed by atoms with Gasteiger partial charge >= 0.3 is 0 Å². The van der Waals surface area contributed by atoms with Gasteiger partial charge in [0.05, 0.1) is 10.2 Å². The monoisotopic (exact) mass is 343 g/mol. The number of rotatable bonds is 4. The fourth-order valence-corrected chi connectivity index (χ4v) is 4.20. The number of thiophene rings is 1. The highest BCUT2D eigenvalue weighted by molar-refractivity contribution is 7.17. The standard InChI is InChI=1S/C19H22FN3S/c1-21-7-9-22(10-8-21)14-17-12-19-18(6-11-24-19)23(17)13-15-2-4-16(20)5-3-15/h2-6,11-12H,7-10,13-14H2,1H3. The summed E-state index contributed by atoms with van der Waals surface area (Å²) in [5.41, 5.74) is 3.78. The molecule has 24 heavy (non-hydrogen) atoms. The lowest BCUT2D eigenvalue weighted by Gasteiger charge is -2.32. The molecule has 2 aromatic heterocycles. The van der Waals surface area contributed by atoms with E-state index < -0.39 is 0 Å². The number of piperazine rings is 1. The second-order valence-electron chi connectivity index (χ2n) is 6.60. The first-order chi connectivity index (χ1) is 11.7. The van der Waals surface area contributed by atoms with E-state index in [2.05, 4.69) is 38.9 Å². The Morgan fingerprint density at radius 1 is 1.00 bits per heavy atom. The zero-order chi connectivity index (χ0) is 16.5. The molecule has 0 spiro atoms. The van der Waals surface area contributed by atoms with Crippen molar-refractivity contribution in [3.63, 3.8) is 0 Å². The van der Waals surface area contributed by atoms with Gasteiger partial charge in [0.25, 0.3) is 0 Å². The zero-order valence-corrected chi connectivity index (χ0v) is 14.7. The van der Waals surface area contributed by atoms with Crippen LogP contribution in [-0.2, 0) is 13.1 Å². The molecule has 126 valence electrons. The van der Waals surface area contributed by atoms with Crippen LogP contribution in [0.25, 0.3) is 10.2 Å². The molecule has 0 saturated carbocycles. The van der Waals surface area contributed by atoms with E-state index >= 15 is 0 Å². The topological polar surface area (TPSA) is 11.4 Å². The van der Waals surface area contributed by atoms with E-state index in [4.69, 9.17) is 0 Å². The molecule has 1 aliphatic rings. The Kier molecular flexibility index (Phi) is 4.39. The van der Waals surface area contributed by atoms with Gasteiger partial charge in [0.1, 0.15) is 5.82 Å². The maximum atomic E-state index is 13.2. The molecule has 1 aliphatic heterocycles. The van der Waals surface area contributed by atoms with E-state index in [1.54, 1.807) is 23.5 Å². The van der Waals surface area contributed by atoms with E-state index in [1.807, 2.05) is 12.1 Å². The molecule has 4 rings (SSSR count). The second kappa shape index (κ2) is 6.67. The molecule has 1 fully saturated rings. The first-order valence-electron chi connectivity index (χ1n) is 8.40. The van der Waals surface area contributed by atoms with Crippen LogP contribution >= 0.6 is 11.3 Å². The molecule has 3 aromatic rings. The minimum atomic E-state index is -0.176. The molecule has 1 saturated heterocycles. The van der Waals surface area contributed by atoms with Gasteiger partial charge in [-0.25, -0.2) is 4.39 Å². The highest BCUT2D eigenvalue weighted by Gasteiger charge is 2.17. The van der Waals surface area contributed by atoms with Crippen molar-refractivity contribution < 1.29 is 4.39 Å². The molecule has 3 heterocycles. The first kappa shape index (κ1) is 15.8. The molecule has 3 nitrogen and oxygen atoms in total. The normalized spacial score (nSPS) is 16.9. The molecule has 5 heteroatoms. The third kappa shape index (κ3) is 3.24. The molecule has 0 aliphatic carbocycles. The van der Waals surface area contributed by atoms with Gasteiger partial charge in [0.2, 0.25) is 0 Å². The predicted molar refractivity (Wildman–Crippen MR) is 98.1 cm³/mol. The zero-order valence-electron chi connectivity index (χ0n) is 13.9. The molecule has 0 amide bonds. The van der Waals surface area contributed by atoms with Crippen molar-refractivity contribution >= 4 is 21.6 Å². The van der Waals surface area contributed by atoms with E-state index in [0.717, 1.165) is 44.8 Å². The van der Waals surface area contributed by atoms with Crippen LogP contribution in [0.4, 0.5) is 4.39 Å². The summed E-state index contributed by atoms with van der Waals surface area (Å²) in [6.07, 6.45) is 0. The van der Waals surface area contributed by atoms with Crippen molar-refractivity contribution in [3.05, 3.63) is 58.9 Å². The molecule has 1 aromatic carbocycles. The van der Waals surface area contributed by atoms with Crippen molar-refractivity contribution in [3.8, 4) is 0 Å². The van der Waals surface area contributed by atoms with Crippen molar-refractivity contribution in [2.24, 2.45) is 0 Å². The maximum absolute atomic E-state index is 13.2.